The molecule has 4 nitrogen and oxygen atoms in total. The van der Waals surface area contributed by atoms with Crippen LogP contribution in [0.1, 0.15) is 31.9 Å². The van der Waals surface area contributed by atoms with Gasteiger partial charge in [-0.2, -0.15) is 0 Å². The molecule has 0 aliphatic heterocycles. The van der Waals surface area contributed by atoms with E-state index in [1.54, 1.807) is 6.07 Å². The Morgan fingerprint density at radius 3 is 2.61 bits per heavy atom. The van der Waals surface area contributed by atoms with Gasteiger partial charge in [0.2, 0.25) is 0 Å². The van der Waals surface area contributed by atoms with Crippen LogP contribution in [-0.4, -0.2) is 18.0 Å². The Labute approximate surface area is 107 Å². The minimum Gasteiger partial charge on any atom is -0.444 e. The molecule has 1 rings (SSSR count). The fourth-order valence-electron chi connectivity index (χ4n) is 1.44. The number of anilines is 1. The number of hydrogen-bond acceptors (Lipinski definition) is 3. The van der Waals surface area contributed by atoms with E-state index in [9.17, 15) is 9.59 Å². The highest BCUT2D eigenvalue weighted by molar-refractivity contribution is 5.86. The highest BCUT2D eigenvalue weighted by Gasteiger charge is 2.16. The standard InChI is InChI=1S/C14H19NO3/c1-10-5-6-11(7-8-16)9-12(10)15-13(17)18-14(2,3)4/h5-6,8-9H,7H2,1-4H3,(H,15,17). The quantitative estimate of drug-likeness (QED) is 0.837. The van der Waals surface area contributed by atoms with Gasteiger partial charge in [-0.15, -0.1) is 0 Å². The summed E-state index contributed by atoms with van der Waals surface area (Å²) in [6, 6.07) is 5.52. The lowest BCUT2D eigenvalue weighted by molar-refractivity contribution is -0.107. The molecule has 0 spiro atoms. The largest absolute Gasteiger partial charge is 0.444 e. The number of aryl methyl sites for hydroxylation is 1. The third kappa shape index (κ3) is 4.57. The zero-order valence-electron chi connectivity index (χ0n) is 11.2. The summed E-state index contributed by atoms with van der Waals surface area (Å²) in [5.41, 5.74) is 1.93. The van der Waals surface area contributed by atoms with Gasteiger partial charge in [0.25, 0.3) is 0 Å². The molecule has 0 saturated heterocycles. The summed E-state index contributed by atoms with van der Waals surface area (Å²) in [5, 5.41) is 2.69. The fraction of sp³-hybridized carbons (Fsp3) is 0.429. The van der Waals surface area contributed by atoms with Crippen molar-refractivity contribution in [3.63, 3.8) is 0 Å². The van der Waals surface area contributed by atoms with Gasteiger partial charge in [0.1, 0.15) is 11.9 Å². The maximum atomic E-state index is 11.6. The van der Waals surface area contributed by atoms with E-state index >= 15 is 0 Å². The van der Waals surface area contributed by atoms with Crippen LogP contribution in [0, 0.1) is 6.92 Å². The predicted octanol–water partition coefficient (Wildman–Crippen LogP) is 3.08. The van der Waals surface area contributed by atoms with Crippen molar-refractivity contribution in [2.75, 3.05) is 5.32 Å². The monoisotopic (exact) mass is 249 g/mol. The number of amides is 1. The van der Waals surface area contributed by atoms with E-state index in [1.807, 2.05) is 39.8 Å². The van der Waals surface area contributed by atoms with Crippen molar-refractivity contribution in [3.8, 4) is 0 Å². The van der Waals surface area contributed by atoms with Gasteiger partial charge >= 0.3 is 6.09 Å². The molecule has 98 valence electrons. The molecule has 0 fully saturated rings. The summed E-state index contributed by atoms with van der Waals surface area (Å²) in [7, 11) is 0. The highest BCUT2D eigenvalue weighted by Crippen LogP contribution is 2.18. The molecule has 0 bridgehead atoms. The molecule has 1 aromatic rings. The minimum absolute atomic E-state index is 0.337. The molecule has 0 aromatic heterocycles. The van der Waals surface area contributed by atoms with Gasteiger partial charge in [-0.05, 0) is 44.9 Å². The predicted molar refractivity (Wildman–Crippen MR) is 70.8 cm³/mol. The molecule has 0 radical (unpaired) electrons. The summed E-state index contributed by atoms with van der Waals surface area (Å²) in [6.45, 7) is 7.31. The first-order chi connectivity index (χ1) is 8.31. The molecule has 4 heteroatoms. The van der Waals surface area contributed by atoms with Crippen molar-refractivity contribution < 1.29 is 14.3 Å². The smallest absolute Gasteiger partial charge is 0.412 e. The summed E-state index contributed by atoms with van der Waals surface area (Å²) in [6.07, 6.45) is 0.680. The lowest BCUT2D eigenvalue weighted by atomic mass is 10.1. The van der Waals surface area contributed by atoms with Gasteiger partial charge in [-0.25, -0.2) is 4.79 Å². The van der Waals surface area contributed by atoms with Crippen LogP contribution in [0.4, 0.5) is 10.5 Å². The maximum absolute atomic E-state index is 11.6. The first kappa shape index (κ1) is 14.2. The number of ether oxygens (including phenoxy) is 1. The van der Waals surface area contributed by atoms with Gasteiger partial charge < -0.3 is 9.53 Å². The molecule has 0 atom stereocenters. The van der Waals surface area contributed by atoms with Crippen molar-refractivity contribution in [1.29, 1.82) is 0 Å². The van der Waals surface area contributed by atoms with Crippen LogP contribution in [0.25, 0.3) is 0 Å². The zero-order chi connectivity index (χ0) is 13.8. The minimum atomic E-state index is -0.529. The number of carbonyl (C=O) groups excluding carboxylic acids is 2. The maximum Gasteiger partial charge on any atom is 0.412 e. The average molecular weight is 249 g/mol. The van der Waals surface area contributed by atoms with Crippen molar-refractivity contribution in [3.05, 3.63) is 29.3 Å². The van der Waals surface area contributed by atoms with Crippen molar-refractivity contribution in [1.82, 2.24) is 0 Å². The molecule has 1 aromatic carbocycles. The summed E-state index contributed by atoms with van der Waals surface area (Å²) in [4.78, 5) is 22.1. The van der Waals surface area contributed by atoms with Gasteiger partial charge in [0.05, 0.1) is 0 Å². The van der Waals surface area contributed by atoms with Crippen molar-refractivity contribution in [2.24, 2.45) is 0 Å². The van der Waals surface area contributed by atoms with E-state index in [0.717, 1.165) is 17.4 Å². The van der Waals surface area contributed by atoms with Crippen LogP contribution >= 0.6 is 0 Å². The number of carbonyl (C=O) groups is 2. The number of nitrogens with one attached hydrogen (secondary N) is 1. The molecule has 18 heavy (non-hydrogen) atoms. The third-order valence-corrected chi connectivity index (χ3v) is 2.26. The number of hydrogen-bond donors (Lipinski definition) is 1. The van der Waals surface area contributed by atoms with Crippen LogP contribution in [0.5, 0.6) is 0 Å². The second-order valence-corrected chi connectivity index (χ2v) is 5.15. The van der Waals surface area contributed by atoms with Gasteiger partial charge in [0.15, 0.2) is 0 Å². The lowest BCUT2D eigenvalue weighted by Gasteiger charge is -2.20. The van der Waals surface area contributed by atoms with Gasteiger partial charge in [0, 0.05) is 12.1 Å². The van der Waals surface area contributed by atoms with Gasteiger partial charge in [-0.3, -0.25) is 5.32 Å². The second-order valence-electron chi connectivity index (χ2n) is 5.15. The Hall–Kier alpha value is -1.84. The third-order valence-electron chi connectivity index (χ3n) is 2.26. The number of aldehydes is 1. The first-order valence-electron chi connectivity index (χ1n) is 5.85. The fourth-order valence-corrected chi connectivity index (χ4v) is 1.44. The molecule has 0 saturated carbocycles. The van der Waals surface area contributed by atoms with E-state index < -0.39 is 11.7 Å². The second kappa shape index (κ2) is 5.67. The van der Waals surface area contributed by atoms with E-state index in [4.69, 9.17) is 4.74 Å². The van der Waals surface area contributed by atoms with Crippen LogP contribution in [0.15, 0.2) is 18.2 Å². The lowest BCUT2D eigenvalue weighted by Crippen LogP contribution is -2.27. The van der Waals surface area contributed by atoms with Crippen molar-refractivity contribution in [2.45, 2.75) is 39.7 Å². The van der Waals surface area contributed by atoms with E-state index in [1.165, 1.54) is 0 Å². The summed E-state index contributed by atoms with van der Waals surface area (Å²) >= 11 is 0. The Morgan fingerprint density at radius 1 is 1.39 bits per heavy atom. The van der Waals surface area contributed by atoms with E-state index in [-0.39, 0.29) is 0 Å². The molecule has 1 N–H and O–H groups in total. The van der Waals surface area contributed by atoms with Gasteiger partial charge in [-0.1, -0.05) is 12.1 Å². The Morgan fingerprint density at radius 2 is 2.06 bits per heavy atom. The normalized spacial score (nSPS) is 10.9. The topological polar surface area (TPSA) is 55.4 Å². The Kier molecular flexibility index (Phi) is 4.48. The average Bonchev–Trinajstić information content (AvgIpc) is 2.20. The zero-order valence-corrected chi connectivity index (χ0v) is 11.2. The molecule has 0 aliphatic rings. The first-order valence-corrected chi connectivity index (χ1v) is 5.85. The highest BCUT2D eigenvalue weighted by atomic mass is 16.6. The van der Waals surface area contributed by atoms with Crippen molar-refractivity contribution >= 4 is 18.1 Å². The molecule has 0 unspecified atom stereocenters. The number of benzene rings is 1. The molecule has 1 amide bonds. The van der Waals surface area contributed by atoms with Crippen LogP contribution < -0.4 is 5.32 Å². The van der Waals surface area contributed by atoms with Crippen LogP contribution in [0.3, 0.4) is 0 Å². The number of rotatable bonds is 3. The molecule has 0 aliphatic carbocycles. The summed E-state index contributed by atoms with van der Waals surface area (Å²) in [5.74, 6) is 0. The molecular weight excluding hydrogens is 230 g/mol. The van der Waals surface area contributed by atoms with Crippen LogP contribution in [-0.2, 0) is 16.0 Å². The van der Waals surface area contributed by atoms with E-state index in [0.29, 0.717) is 12.1 Å². The van der Waals surface area contributed by atoms with Crippen LogP contribution in [0.2, 0.25) is 0 Å². The van der Waals surface area contributed by atoms with E-state index in [2.05, 4.69) is 5.32 Å². The Bertz CT molecular complexity index is 447. The Balaban J connectivity index is 2.80. The molecular formula is C14H19NO3. The SMILES string of the molecule is Cc1ccc(CC=O)cc1NC(=O)OC(C)(C)C. The summed E-state index contributed by atoms with van der Waals surface area (Å²) < 4.78 is 5.18. The molecule has 0 heterocycles.